The number of methoxy groups -OCH3 is 1. The Morgan fingerprint density at radius 3 is 2.02 bits per heavy atom. The van der Waals surface area contributed by atoms with Crippen molar-refractivity contribution in [2.45, 2.75) is 57.5 Å². The lowest BCUT2D eigenvalue weighted by molar-refractivity contribution is -0.237. The number of ether oxygens (including phenoxy) is 6. The normalized spacial score (nSPS) is 23.6. The predicted octanol–water partition coefficient (Wildman–Crippen LogP) is 3.26. The summed E-state index contributed by atoms with van der Waals surface area (Å²) in [5.41, 5.74) is 0.118. The summed E-state index contributed by atoms with van der Waals surface area (Å²) in [5.74, 6) is -2.67. The fourth-order valence-corrected chi connectivity index (χ4v) is 5.82. The minimum atomic E-state index is -1.36. The second kappa shape index (κ2) is 14.9. The fourth-order valence-electron chi connectivity index (χ4n) is 4.63. The van der Waals surface area contributed by atoms with Gasteiger partial charge >= 0.3 is 23.9 Å². The summed E-state index contributed by atoms with van der Waals surface area (Å²) in [5, 5.41) is 0.159. The number of carbonyl (C=O) groups is 5. The number of nitrogens with zero attached hydrogens (tertiary/aromatic N) is 2. The third kappa shape index (κ3) is 8.48. The van der Waals surface area contributed by atoms with Crippen molar-refractivity contribution in [3.05, 3.63) is 65.9 Å². The van der Waals surface area contributed by atoms with E-state index in [0.717, 1.165) is 32.5 Å². The molecule has 0 N–H and O–H groups in total. The Morgan fingerprint density at radius 1 is 0.844 bits per heavy atom. The number of esters is 4. The van der Waals surface area contributed by atoms with E-state index >= 15 is 0 Å². The van der Waals surface area contributed by atoms with Gasteiger partial charge in [-0.1, -0.05) is 42.1 Å². The van der Waals surface area contributed by atoms with E-state index in [9.17, 15) is 24.0 Å². The number of thioether (sulfide) groups is 1. The van der Waals surface area contributed by atoms with Crippen molar-refractivity contribution in [2.24, 2.45) is 4.99 Å². The first-order valence-corrected chi connectivity index (χ1v) is 14.7. The second-order valence-electron chi connectivity index (χ2n) is 9.86. The zero-order valence-electron chi connectivity index (χ0n) is 25.2. The van der Waals surface area contributed by atoms with Crippen LogP contribution in [0.4, 0.5) is 5.69 Å². The Bertz CT molecular complexity index is 1490. The number of carbonyl (C=O) groups excluding carboxylic acids is 5. The van der Waals surface area contributed by atoms with Crippen LogP contribution < -0.4 is 9.64 Å². The molecule has 1 saturated heterocycles. The van der Waals surface area contributed by atoms with Crippen molar-refractivity contribution in [1.29, 1.82) is 0 Å². The van der Waals surface area contributed by atoms with Gasteiger partial charge < -0.3 is 28.4 Å². The summed E-state index contributed by atoms with van der Waals surface area (Å²) < 4.78 is 33.2. The van der Waals surface area contributed by atoms with Gasteiger partial charge in [-0.3, -0.25) is 28.9 Å². The molecule has 2 aromatic rings. The molecule has 0 aliphatic carbocycles. The molecule has 2 aliphatic heterocycles. The van der Waals surface area contributed by atoms with E-state index in [1.54, 1.807) is 67.8 Å². The van der Waals surface area contributed by atoms with Crippen molar-refractivity contribution >= 4 is 58.5 Å². The molecule has 0 saturated carbocycles. The van der Waals surface area contributed by atoms with Crippen LogP contribution in [0.25, 0.3) is 6.08 Å². The van der Waals surface area contributed by atoms with Gasteiger partial charge in [-0.15, -0.1) is 0 Å². The van der Waals surface area contributed by atoms with E-state index in [4.69, 9.17) is 28.4 Å². The highest BCUT2D eigenvalue weighted by atomic mass is 32.2. The number of aliphatic imine (C=N–C) groups is 1. The van der Waals surface area contributed by atoms with Crippen LogP contribution in [0.15, 0.2) is 65.3 Å². The largest absolute Gasteiger partial charge is 0.497 e. The van der Waals surface area contributed by atoms with Crippen LogP contribution in [0.2, 0.25) is 0 Å². The van der Waals surface area contributed by atoms with Crippen molar-refractivity contribution in [1.82, 2.24) is 0 Å². The highest BCUT2D eigenvalue weighted by Gasteiger charge is 2.53. The number of para-hydroxylation sites is 1. The average Bonchev–Trinajstić information content (AvgIpc) is 3.29. The van der Waals surface area contributed by atoms with E-state index < -0.39 is 59.6 Å². The van der Waals surface area contributed by atoms with E-state index in [1.165, 1.54) is 11.8 Å². The Morgan fingerprint density at radius 2 is 1.44 bits per heavy atom. The molecule has 238 valence electrons. The summed E-state index contributed by atoms with van der Waals surface area (Å²) in [6.45, 7) is 4.24. The topological polar surface area (TPSA) is 156 Å². The van der Waals surface area contributed by atoms with Crippen molar-refractivity contribution in [2.75, 3.05) is 18.6 Å². The Labute approximate surface area is 263 Å². The lowest BCUT2D eigenvalue weighted by atomic mass is 9.99. The van der Waals surface area contributed by atoms with Crippen LogP contribution in [0.3, 0.4) is 0 Å². The zero-order chi connectivity index (χ0) is 32.7. The van der Waals surface area contributed by atoms with Crippen molar-refractivity contribution in [3.63, 3.8) is 0 Å². The van der Waals surface area contributed by atoms with Gasteiger partial charge in [0.1, 0.15) is 24.2 Å². The molecule has 4 rings (SSSR count). The second-order valence-corrected chi connectivity index (χ2v) is 10.9. The molecule has 0 unspecified atom stereocenters. The van der Waals surface area contributed by atoms with Crippen molar-refractivity contribution in [3.8, 4) is 5.75 Å². The van der Waals surface area contributed by atoms with E-state index in [0.29, 0.717) is 17.0 Å². The van der Waals surface area contributed by atoms with E-state index in [1.807, 2.05) is 0 Å². The maximum Gasteiger partial charge on any atom is 0.303 e. The van der Waals surface area contributed by atoms with Crippen LogP contribution in [0, 0.1) is 0 Å². The molecule has 45 heavy (non-hydrogen) atoms. The third-order valence-electron chi connectivity index (χ3n) is 6.43. The van der Waals surface area contributed by atoms with Crippen LogP contribution in [0.5, 0.6) is 5.75 Å². The van der Waals surface area contributed by atoms with Gasteiger partial charge in [-0.05, 0) is 35.9 Å². The van der Waals surface area contributed by atoms with Gasteiger partial charge in [0.25, 0.3) is 5.91 Å². The highest BCUT2D eigenvalue weighted by Crippen LogP contribution is 2.38. The molecule has 1 amide bonds. The van der Waals surface area contributed by atoms with Gasteiger partial charge in [-0.25, -0.2) is 4.99 Å². The van der Waals surface area contributed by atoms with Gasteiger partial charge in [0, 0.05) is 27.7 Å². The first-order valence-electron chi connectivity index (χ1n) is 13.8. The molecule has 0 radical (unpaired) electrons. The minimum absolute atomic E-state index is 0.108. The number of hydrogen-bond acceptors (Lipinski definition) is 13. The molecule has 0 spiro atoms. The summed E-state index contributed by atoms with van der Waals surface area (Å²) in [4.78, 5) is 68.0. The van der Waals surface area contributed by atoms with Crippen LogP contribution in [-0.2, 0) is 47.7 Å². The summed E-state index contributed by atoms with van der Waals surface area (Å²) in [7, 11) is 1.55. The molecule has 14 heteroatoms. The minimum Gasteiger partial charge on any atom is -0.497 e. The lowest BCUT2D eigenvalue weighted by Gasteiger charge is -2.44. The maximum atomic E-state index is 13.8. The number of amidine groups is 1. The van der Waals surface area contributed by atoms with Crippen LogP contribution >= 0.6 is 11.8 Å². The molecular weight excluding hydrogens is 608 g/mol. The van der Waals surface area contributed by atoms with E-state index in [2.05, 4.69) is 4.99 Å². The fraction of sp³-hybridized carbons (Fsp3) is 0.355. The maximum absolute atomic E-state index is 13.8. The molecule has 5 atom stereocenters. The van der Waals surface area contributed by atoms with E-state index in [-0.39, 0.29) is 17.5 Å². The van der Waals surface area contributed by atoms with Gasteiger partial charge in [-0.2, -0.15) is 0 Å². The van der Waals surface area contributed by atoms with Gasteiger partial charge in [0.05, 0.1) is 12.8 Å². The summed E-state index contributed by atoms with van der Waals surface area (Å²) >= 11 is 0.918. The number of anilines is 1. The molecule has 2 aliphatic rings. The molecule has 1 fully saturated rings. The van der Waals surface area contributed by atoms with Gasteiger partial charge in [0.2, 0.25) is 0 Å². The SMILES string of the molecule is COc1ccc(/C=C2/N=C(S[C@@H]3O[C@H](COC(C)=O)[C@H](OC(C)=O)[C@H](OC(C)=O)[C@@H]3OC(C)=O)N(c3ccccc3)C2=O)cc1. The first-order chi connectivity index (χ1) is 21.5. The Kier molecular flexibility index (Phi) is 11.0. The van der Waals surface area contributed by atoms with Crippen molar-refractivity contribution < 1.29 is 52.4 Å². The van der Waals surface area contributed by atoms with Crippen LogP contribution in [0.1, 0.15) is 33.3 Å². The Hall–Kier alpha value is -4.69. The molecule has 2 aromatic carbocycles. The predicted molar refractivity (Wildman–Crippen MR) is 162 cm³/mol. The molecule has 0 bridgehead atoms. The van der Waals surface area contributed by atoms with Gasteiger partial charge in [0.15, 0.2) is 28.9 Å². The summed E-state index contributed by atoms with van der Waals surface area (Å²) in [6, 6.07) is 15.8. The number of amides is 1. The Balaban J connectivity index is 1.77. The average molecular weight is 641 g/mol. The molecular formula is C31H32N2O11S. The molecule has 13 nitrogen and oxygen atoms in total. The standard InChI is InChI=1S/C31H32N2O11S/c1-17(34)40-16-25-26(41-18(2)35)27(42-19(3)36)28(43-20(4)37)30(44-25)45-31-32-24(15-21-11-13-23(39-5)14-12-21)29(38)33(31)22-9-7-6-8-10-22/h6-15,25-28,30H,16H2,1-5H3/b24-15+/t25-,26+,27+,28+,30+/m1/s1. The summed E-state index contributed by atoms with van der Waals surface area (Å²) in [6.07, 6.45) is -3.55. The quantitative estimate of drug-likeness (QED) is 0.224. The monoisotopic (exact) mass is 640 g/mol. The smallest absolute Gasteiger partial charge is 0.303 e. The highest BCUT2D eigenvalue weighted by molar-refractivity contribution is 8.14. The molecule has 0 aromatic heterocycles. The van der Waals surface area contributed by atoms with Crippen LogP contribution in [-0.4, -0.2) is 78.5 Å². The number of benzene rings is 2. The molecule has 2 heterocycles. The number of rotatable bonds is 9. The lowest BCUT2D eigenvalue weighted by Crippen LogP contribution is -2.61. The zero-order valence-corrected chi connectivity index (χ0v) is 26.0. The third-order valence-corrected chi connectivity index (χ3v) is 7.53. The first kappa shape index (κ1) is 33.2. The number of hydrogen-bond donors (Lipinski definition) is 0.